The predicted molar refractivity (Wildman–Crippen MR) is 67.1 cm³/mol. The van der Waals surface area contributed by atoms with Gasteiger partial charge in [0.15, 0.2) is 0 Å². The molecule has 1 fully saturated rings. The molecule has 0 saturated carbocycles. The highest BCUT2D eigenvalue weighted by molar-refractivity contribution is 7.99. The predicted octanol–water partition coefficient (Wildman–Crippen LogP) is 2.31. The van der Waals surface area contributed by atoms with Crippen molar-refractivity contribution in [1.82, 2.24) is 9.88 Å². The molecule has 1 aromatic rings. The van der Waals surface area contributed by atoms with E-state index in [1.165, 1.54) is 0 Å². The molecule has 0 spiro atoms. The Kier molecular flexibility index (Phi) is 3.71. The van der Waals surface area contributed by atoms with Gasteiger partial charge in [-0.15, -0.1) is 0 Å². The lowest BCUT2D eigenvalue weighted by molar-refractivity contribution is 0.0716. The van der Waals surface area contributed by atoms with E-state index in [4.69, 9.17) is 11.6 Å². The van der Waals surface area contributed by atoms with Gasteiger partial charge in [-0.3, -0.25) is 9.78 Å². The van der Waals surface area contributed by atoms with Crippen molar-refractivity contribution in [3.8, 4) is 0 Å². The van der Waals surface area contributed by atoms with Gasteiger partial charge < -0.3 is 4.90 Å². The van der Waals surface area contributed by atoms with Crippen molar-refractivity contribution in [2.45, 2.75) is 13.0 Å². The molecular weight excluding hydrogens is 244 g/mol. The normalized spacial score (nSPS) is 20.9. The van der Waals surface area contributed by atoms with Gasteiger partial charge in [-0.2, -0.15) is 11.8 Å². The molecule has 2 heterocycles. The quantitative estimate of drug-likeness (QED) is 0.773. The van der Waals surface area contributed by atoms with E-state index >= 15 is 0 Å². The van der Waals surface area contributed by atoms with E-state index in [9.17, 15) is 4.79 Å². The highest BCUT2D eigenvalue weighted by atomic mass is 35.5. The van der Waals surface area contributed by atoms with Gasteiger partial charge in [0.1, 0.15) is 0 Å². The molecule has 3 nitrogen and oxygen atoms in total. The summed E-state index contributed by atoms with van der Waals surface area (Å²) >= 11 is 7.87. The molecule has 2 rings (SSSR count). The molecule has 0 N–H and O–H groups in total. The average molecular weight is 257 g/mol. The maximum absolute atomic E-state index is 12.2. The third kappa shape index (κ3) is 2.33. The van der Waals surface area contributed by atoms with Crippen LogP contribution in [0.15, 0.2) is 18.5 Å². The van der Waals surface area contributed by atoms with Crippen LogP contribution in [0.25, 0.3) is 0 Å². The first-order valence-corrected chi connectivity index (χ1v) is 6.71. The molecule has 5 heteroatoms. The van der Waals surface area contributed by atoms with Gasteiger partial charge in [-0.1, -0.05) is 11.6 Å². The van der Waals surface area contributed by atoms with E-state index in [0.717, 1.165) is 18.1 Å². The fraction of sp³-hybridized carbons (Fsp3) is 0.455. The van der Waals surface area contributed by atoms with Crippen molar-refractivity contribution in [2.24, 2.45) is 0 Å². The zero-order valence-electron chi connectivity index (χ0n) is 9.02. The minimum absolute atomic E-state index is 0.00843. The fourth-order valence-electron chi connectivity index (χ4n) is 1.72. The van der Waals surface area contributed by atoms with Crippen LogP contribution in [-0.2, 0) is 0 Å². The van der Waals surface area contributed by atoms with E-state index in [2.05, 4.69) is 11.9 Å². The number of carbonyl (C=O) groups excluding carboxylic acids is 1. The Hall–Kier alpha value is -0.740. The van der Waals surface area contributed by atoms with Gasteiger partial charge in [0, 0.05) is 36.5 Å². The molecule has 0 bridgehead atoms. The number of hydrogen-bond acceptors (Lipinski definition) is 3. The van der Waals surface area contributed by atoms with Crippen LogP contribution in [0.1, 0.15) is 17.3 Å². The lowest BCUT2D eigenvalue weighted by Gasteiger charge is -2.33. The summed E-state index contributed by atoms with van der Waals surface area (Å²) in [6, 6.07) is 1.92. The van der Waals surface area contributed by atoms with Crippen molar-refractivity contribution < 1.29 is 4.79 Å². The number of carbonyl (C=O) groups is 1. The second-order valence-corrected chi connectivity index (χ2v) is 5.34. The topological polar surface area (TPSA) is 33.2 Å². The van der Waals surface area contributed by atoms with Gasteiger partial charge in [0.25, 0.3) is 5.91 Å². The molecule has 1 aromatic heterocycles. The number of aromatic nitrogens is 1. The Morgan fingerprint density at radius 1 is 1.69 bits per heavy atom. The molecule has 0 radical (unpaired) electrons. The SMILES string of the molecule is CC1CSCCN1C(=O)c1cnccc1Cl. The van der Waals surface area contributed by atoms with Crippen LogP contribution in [0.2, 0.25) is 5.02 Å². The molecule has 1 amide bonds. The van der Waals surface area contributed by atoms with Crippen LogP contribution in [-0.4, -0.2) is 39.9 Å². The second kappa shape index (κ2) is 5.06. The number of amides is 1. The maximum Gasteiger partial charge on any atom is 0.257 e. The lowest BCUT2D eigenvalue weighted by atomic mass is 10.2. The summed E-state index contributed by atoms with van der Waals surface area (Å²) in [5, 5.41) is 0.477. The number of pyridine rings is 1. The van der Waals surface area contributed by atoms with Gasteiger partial charge in [0.2, 0.25) is 0 Å². The molecule has 16 heavy (non-hydrogen) atoms. The molecule has 1 aliphatic rings. The van der Waals surface area contributed by atoms with Crippen molar-refractivity contribution in [2.75, 3.05) is 18.1 Å². The first-order chi connectivity index (χ1) is 7.70. The third-order valence-electron chi connectivity index (χ3n) is 2.63. The summed E-state index contributed by atoms with van der Waals surface area (Å²) in [5.74, 6) is 1.98. The van der Waals surface area contributed by atoms with Crippen molar-refractivity contribution in [3.63, 3.8) is 0 Å². The first-order valence-electron chi connectivity index (χ1n) is 5.18. The van der Waals surface area contributed by atoms with Crippen LogP contribution >= 0.6 is 23.4 Å². The van der Waals surface area contributed by atoms with Gasteiger partial charge in [0.05, 0.1) is 10.6 Å². The highest BCUT2D eigenvalue weighted by Gasteiger charge is 2.25. The molecule has 0 aliphatic carbocycles. The van der Waals surface area contributed by atoms with Gasteiger partial charge in [-0.05, 0) is 13.0 Å². The first kappa shape index (κ1) is 11.7. The smallest absolute Gasteiger partial charge is 0.257 e. The Labute approximate surface area is 104 Å². The molecular formula is C11H13ClN2OS. The summed E-state index contributed by atoms with van der Waals surface area (Å²) in [7, 11) is 0. The fourth-order valence-corrected chi connectivity index (χ4v) is 2.92. The largest absolute Gasteiger partial charge is 0.334 e. The summed E-state index contributed by atoms with van der Waals surface area (Å²) < 4.78 is 0. The summed E-state index contributed by atoms with van der Waals surface area (Å²) in [6.07, 6.45) is 3.13. The summed E-state index contributed by atoms with van der Waals surface area (Å²) in [6.45, 7) is 2.85. The number of rotatable bonds is 1. The van der Waals surface area contributed by atoms with Crippen LogP contribution in [0, 0.1) is 0 Å². The highest BCUT2D eigenvalue weighted by Crippen LogP contribution is 2.21. The third-order valence-corrected chi connectivity index (χ3v) is 4.15. The minimum Gasteiger partial charge on any atom is -0.334 e. The zero-order chi connectivity index (χ0) is 11.5. The lowest BCUT2D eigenvalue weighted by Crippen LogP contribution is -2.44. The van der Waals surface area contributed by atoms with Crippen LogP contribution in [0.5, 0.6) is 0 Å². The van der Waals surface area contributed by atoms with Crippen molar-refractivity contribution in [3.05, 3.63) is 29.0 Å². The van der Waals surface area contributed by atoms with Gasteiger partial charge >= 0.3 is 0 Å². The Morgan fingerprint density at radius 2 is 2.50 bits per heavy atom. The standard InChI is InChI=1S/C11H13ClN2OS/c1-8-7-16-5-4-14(8)11(15)9-6-13-3-2-10(9)12/h2-3,6,8H,4-5,7H2,1H3. The molecule has 0 aromatic carbocycles. The second-order valence-electron chi connectivity index (χ2n) is 3.78. The van der Waals surface area contributed by atoms with E-state index in [1.54, 1.807) is 18.5 Å². The van der Waals surface area contributed by atoms with Crippen molar-refractivity contribution >= 4 is 29.3 Å². The number of hydrogen-bond donors (Lipinski definition) is 0. The van der Waals surface area contributed by atoms with E-state index in [0.29, 0.717) is 10.6 Å². The van der Waals surface area contributed by atoms with E-state index < -0.39 is 0 Å². The molecule has 1 saturated heterocycles. The number of thioether (sulfide) groups is 1. The van der Waals surface area contributed by atoms with E-state index in [1.807, 2.05) is 16.7 Å². The maximum atomic E-state index is 12.2. The summed E-state index contributed by atoms with van der Waals surface area (Å²) in [4.78, 5) is 18.0. The Morgan fingerprint density at radius 3 is 3.19 bits per heavy atom. The molecule has 86 valence electrons. The Balaban J connectivity index is 2.21. The van der Waals surface area contributed by atoms with Crippen LogP contribution in [0.3, 0.4) is 0 Å². The molecule has 1 aliphatic heterocycles. The van der Waals surface area contributed by atoms with Crippen LogP contribution < -0.4 is 0 Å². The van der Waals surface area contributed by atoms with Crippen molar-refractivity contribution in [1.29, 1.82) is 0 Å². The minimum atomic E-state index is -0.00843. The van der Waals surface area contributed by atoms with Crippen LogP contribution in [0.4, 0.5) is 0 Å². The summed E-state index contributed by atoms with van der Waals surface area (Å²) in [5.41, 5.74) is 0.503. The molecule has 1 unspecified atom stereocenters. The van der Waals surface area contributed by atoms with Gasteiger partial charge in [-0.25, -0.2) is 0 Å². The van der Waals surface area contributed by atoms with E-state index in [-0.39, 0.29) is 11.9 Å². The average Bonchev–Trinajstić information content (AvgIpc) is 2.29. The number of nitrogens with zero attached hydrogens (tertiary/aromatic N) is 2. The zero-order valence-corrected chi connectivity index (χ0v) is 10.6. The monoisotopic (exact) mass is 256 g/mol. The number of halogens is 1. The molecule has 1 atom stereocenters. The Bertz CT molecular complexity index is 399.